The Kier molecular flexibility index (Phi) is 8.48. The number of methoxy groups -OCH3 is 1. The van der Waals surface area contributed by atoms with Crippen LogP contribution in [-0.4, -0.2) is 59.4 Å². The van der Waals surface area contributed by atoms with Crippen molar-refractivity contribution < 1.29 is 33.7 Å². The van der Waals surface area contributed by atoms with Gasteiger partial charge in [-0.15, -0.1) is 5.10 Å². The first kappa shape index (κ1) is 23.5. The van der Waals surface area contributed by atoms with Crippen molar-refractivity contribution in [1.29, 1.82) is 0 Å². The van der Waals surface area contributed by atoms with E-state index in [4.69, 9.17) is 30.9 Å². The molecule has 10 nitrogen and oxygen atoms in total. The van der Waals surface area contributed by atoms with Gasteiger partial charge in [-0.05, 0) is 26.0 Å². The van der Waals surface area contributed by atoms with Gasteiger partial charge in [0.05, 0.1) is 31.4 Å². The number of carboxylic acids is 1. The molecule has 2 N–H and O–H groups in total. The molecule has 0 spiro atoms. The number of nitrogens with one attached hydrogen (secondary N) is 1. The van der Waals surface area contributed by atoms with Crippen LogP contribution in [0, 0.1) is 0 Å². The first-order chi connectivity index (χ1) is 14.2. The molecule has 1 aromatic carbocycles. The zero-order chi connectivity index (χ0) is 22.3. The molecule has 2 rings (SSSR count). The third kappa shape index (κ3) is 6.36. The van der Waals surface area contributed by atoms with Gasteiger partial charge in [0.25, 0.3) is 0 Å². The number of hydrogen-bond acceptors (Lipinski definition) is 9. The summed E-state index contributed by atoms with van der Waals surface area (Å²) in [4.78, 5) is 34.2. The molecule has 1 heterocycles. The van der Waals surface area contributed by atoms with Gasteiger partial charge in [0.2, 0.25) is 5.91 Å². The number of aliphatic carboxylic acids is 1. The van der Waals surface area contributed by atoms with Crippen LogP contribution in [0.2, 0.25) is 5.02 Å². The highest BCUT2D eigenvalue weighted by molar-refractivity contribution is 8.15. The lowest BCUT2D eigenvalue weighted by Gasteiger charge is -2.17. The van der Waals surface area contributed by atoms with Gasteiger partial charge in [-0.2, -0.15) is 5.10 Å². The SMILES string of the molecule is CCOC(=O)C(C)Oc1c(Cl)cc(C=NN=C2NC(=O)C(CC(=O)O)S2)cc1OC. The second-order valence-corrected chi connectivity index (χ2v) is 7.49. The maximum absolute atomic E-state index is 11.8. The number of nitrogens with zero attached hydrogens (tertiary/aromatic N) is 2. The maximum atomic E-state index is 11.8. The number of carbonyl (C=O) groups is 3. The van der Waals surface area contributed by atoms with Gasteiger partial charge in [0.15, 0.2) is 22.8 Å². The molecule has 0 aliphatic carbocycles. The molecule has 1 amide bonds. The Bertz CT molecular complexity index is 891. The summed E-state index contributed by atoms with van der Waals surface area (Å²) >= 11 is 7.25. The lowest BCUT2D eigenvalue weighted by atomic mass is 10.2. The number of thioether (sulfide) groups is 1. The summed E-state index contributed by atoms with van der Waals surface area (Å²) < 4.78 is 15.8. The Labute approximate surface area is 181 Å². The summed E-state index contributed by atoms with van der Waals surface area (Å²) in [5.41, 5.74) is 0.522. The molecule has 0 radical (unpaired) electrons. The lowest BCUT2D eigenvalue weighted by molar-refractivity contribution is -0.150. The largest absolute Gasteiger partial charge is 0.493 e. The van der Waals surface area contributed by atoms with Crippen molar-refractivity contribution in [3.63, 3.8) is 0 Å². The third-order valence-electron chi connectivity index (χ3n) is 3.66. The molecule has 2 atom stereocenters. The van der Waals surface area contributed by atoms with Gasteiger partial charge in [-0.3, -0.25) is 9.59 Å². The summed E-state index contributed by atoms with van der Waals surface area (Å²) in [7, 11) is 1.42. The second kappa shape index (κ2) is 10.8. The summed E-state index contributed by atoms with van der Waals surface area (Å²) in [6.45, 7) is 3.45. The number of rotatable bonds is 9. The van der Waals surface area contributed by atoms with Crippen LogP contribution in [0.15, 0.2) is 22.3 Å². The monoisotopic (exact) mass is 457 g/mol. The molecular formula is C18H20ClN3O7S. The fourth-order valence-corrected chi connectivity index (χ4v) is 3.49. The fraction of sp³-hybridized carbons (Fsp3) is 0.389. The van der Waals surface area contributed by atoms with Gasteiger partial charge in [-0.1, -0.05) is 23.4 Å². The van der Waals surface area contributed by atoms with E-state index < -0.39 is 29.2 Å². The van der Waals surface area contributed by atoms with Gasteiger partial charge in [0, 0.05) is 5.56 Å². The molecule has 2 unspecified atom stereocenters. The molecule has 1 aliphatic heterocycles. The number of ether oxygens (including phenoxy) is 3. The molecule has 1 aliphatic rings. The van der Waals surface area contributed by atoms with Crippen LogP contribution in [-0.2, 0) is 19.1 Å². The Balaban J connectivity index is 2.12. The van der Waals surface area contributed by atoms with Crippen molar-refractivity contribution in [2.75, 3.05) is 13.7 Å². The van der Waals surface area contributed by atoms with Gasteiger partial charge < -0.3 is 24.6 Å². The Morgan fingerprint density at radius 2 is 2.17 bits per heavy atom. The molecule has 30 heavy (non-hydrogen) atoms. The minimum Gasteiger partial charge on any atom is -0.493 e. The van der Waals surface area contributed by atoms with Crippen molar-refractivity contribution in [2.45, 2.75) is 31.6 Å². The van der Waals surface area contributed by atoms with E-state index in [1.54, 1.807) is 13.0 Å². The first-order valence-corrected chi connectivity index (χ1v) is 10.0. The highest BCUT2D eigenvalue weighted by atomic mass is 35.5. The summed E-state index contributed by atoms with van der Waals surface area (Å²) in [6, 6.07) is 3.12. The molecular weight excluding hydrogens is 438 g/mol. The summed E-state index contributed by atoms with van der Waals surface area (Å²) in [5.74, 6) is -1.59. The van der Waals surface area contributed by atoms with Crippen LogP contribution in [0.1, 0.15) is 25.8 Å². The minimum absolute atomic E-state index is 0.179. The zero-order valence-corrected chi connectivity index (χ0v) is 18.0. The molecule has 0 saturated carbocycles. The predicted molar refractivity (Wildman–Crippen MR) is 112 cm³/mol. The maximum Gasteiger partial charge on any atom is 0.347 e. The Morgan fingerprint density at radius 1 is 1.43 bits per heavy atom. The number of amides is 1. The van der Waals surface area contributed by atoms with E-state index >= 15 is 0 Å². The number of carbonyl (C=O) groups excluding carboxylic acids is 2. The van der Waals surface area contributed by atoms with Crippen LogP contribution < -0.4 is 14.8 Å². The van der Waals surface area contributed by atoms with Crippen LogP contribution in [0.5, 0.6) is 11.5 Å². The number of hydrogen-bond donors (Lipinski definition) is 2. The van der Waals surface area contributed by atoms with Gasteiger partial charge in [-0.25, -0.2) is 4.79 Å². The standard InChI is InChI=1S/C18H20ClN3O7S/c1-4-28-17(26)9(2)29-15-11(19)5-10(6-12(15)27-3)8-20-22-18-21-16(25)13(30-18)7-14(23)24/h5-6,8-9,13H,4,7H2,1-3H3,(H,23,24)(H,21,22,25). The summed E-state index contributed by atoms with van der Waals surface area (Å²) in [5, 5.41) is 18.6. The predicted octanol–water partition coefficient (Wildman–Crippen LogP) is 2.08. The lowest BCUT2D eigenvalue weighted by Crippen LogP contribution is -2.26. The number of amidine groups is 1. The fourth-order valence-electron chi connectivity index (χ4n) is 2.31. The Morgan fingerprint density at radius 3 is 2.80 bits per heavy atom. The molecule has 1 saturated heterocycles. The van der Waals surface area contributed by atoms with Crippen LogP contribution in [0.3, 0.4) is 0 Å². The quantitative estimate of drug-likeness (QED) is 0.327. The van der Waals surface area contributed by atoms with Crippen LogP contribution in [0.4, 0.5) is 0 Å². The van der Waals surface area contributed by atoms with E-state index in [-0.39, 0.29) is 34.7 Å². The van der Waals surface area contributed by atoms with E-state index in [0.717, 1.165) is 11.8 Å². The van der Waals surface area contributed by atoms with E-state index in [9.17, 15) is 14.4 Å². The first-order valence-electron chi connectivity index (χ1n) is 8.76. The zero-order valence-electron chi connectivity index (χ0n) is 16.4. The van der Waals surface area contributed by atoms with Crippen molar-refractivity contribution in [2.24, 2.45) is 10.2 Å². The van der Waals surface area contributed by atoms with Gasteiger partial charge >= 0.3 is 11.9 Å². The molecule has 12 heteroatoms. The molecule has 1 aromatic rings. The van der Waals surface area contributed by atoms with E-state index in [1.165, 1.54) is 26.3 Å². The van der Waals surface area contributed by atoms with E-state index in [1.807, 2.05) is 0 Å². The van der Waals surface area contributed by atoms with Crippen molar-refractivity contribution in [1.82, 2.24) is 5.32 Å². The van der Waals surface area contributed by atoms with Crippen molar-refractivity contribution in [3.8, 4) is 11.5 Å². The smallest absolute Gasteiger partial charge is 0.347 e. The molecule has 0 bridgehead atoms. The minimum atomic E-state index is -1.08. The summed E-state index contributed by atoms with van der Waals surface area (Å²) in [6.07, 6.45) is 0.179. The Hall–Kier alpha value is -2.79. The van der Waals surface area contributed by atoms with Crippen molar-refractivity contribution >= 4 is 52.6 Å². The topological polar surface area (TPSA) is 136 Å². The number of halogens is 1. The third-order valence-corrected chi connectivity index (χ3v) is 5.01. The molecule has 162 valence electrons. The van der Waals surface area contributed by atoms with Crippen LogP contribution in [0.25, 0.3) is 0 Å². The van der Waals surface area contributed by atoms with E-state index in [0.29, 0.717) is 5.56 Å². The van der Waals surface area contributed by atoms with Crippen LogP contribution >= 0.6 is 23.4 Å². The molecule has 1 fully saturated rings. The average Bonchev–Trinajstić information content (AvgIpc) is 3.02. The van der Waals surface area contributed by atoms with E-state index in [2.05, 4.69) is 15.5 Å². The van der Waals surface area contributed by atoms with Crippen molar-refractivity contribution in [3.05, 3.63) is 22.7 Å². The normalized spacial score (nSPS) is 18.3. The number of esters is 1. The van der Waals surface area contributed by atoms with Gasteiger partial charge in [0.1, 0.15) is 5.25 Å². The highest BCUT2D eigenvalue weighted by Gasteiger charge is 2.32. The number of carboxylic acid groups (broad SMARTS) is 1. The average molecular weight is 458 g/mol. The second-order valence-electron chi connectivity index (χ2n) is 5.89. The highest BCUT2D eigenvalue weighted by Crippen LogP contribution is 2.37. The number of benzene rings is 1. The molecule has 0 aromatic heterocycles.